The highest BCUT2D eigenvalue weighted by molar-refractivity contribution is 7.99. The van der Waals surface area contributed by atoms with Crippen LogP contribution in [0.5, 0.6) is 0 Å². The normalized spacial score (nSPS) is 18.9. The summed E-state index contributed by atoms with van der Waals surface area (Å²) in [6.07, 6.45) is 4.72. The molecule has 156 valence electrons. The van der Waals surface area contributed by atoms with Crippen molar-refractivity contribution in [2.24, 2.45) is 0 Å². The first-order valence-corrected chi connectivity index (χ1v) is 11.5. The lowest BCUT2D eigenvalue weighted by atomic mass is 10.2. The van der Waals surface area contributed by atoms with Crippen LogP contribution in [0.25, 0.3) is 0 Å². The van der Waals surface area contributed by atoms with Crippen molar-refractivity contribution in [3.63, 3.8) is 0 Å². The fourth-order valence-corrected chi connectivity index (χ4v) is 4.88. The number of carbonyl (C=O) groups is 2. The van der Waals surface area contributed by atoms with Crippen molar-refractivity contribution in [2.45, 2.75) is 45.3 Å². The molecule has 0 saturated carbocycles. The van der Waals surface area contributed by atoms with Crippen LogP contribution in [0.2, 0.25) is 0 Å². The van der Waals surface area contributed by atoms with Crippen LogP contribution in [0, 0.1) is 13.8 Å². The standard InChI is InChI=1S/C20H32N4O3S/c1-16-18(17(2)27-21-16)14-28-15-20(26)24-11-9-22(10-12-24)13-19(25)23-7-5-3-4-6-8-23/h3-15H2,1-2H3. The van der Waals surface area contributed by atoms with Gasteiger partial charge in [0.1, 0.15) is 5.76 Å². The molecule has 0 aliphatic carbocycles. The van der Waals surface area contributed by atoms with E-state index in [9.17, 15) is 9.59 Å². The Balaban J connectivity index is 1.36. The Bertz CT molecular complexity index is 643. The van der Waals surface area contributed by atoms with E-state index in [1.54, 1.807) is 11.8 Å². The quantitative estimate of drug-likeness (QED) is 0.718. The Morgan fingerprint density at radius 1 is 0.929 bits per heavy atom. The zero-order valence-electron chi connectivity index (χ0n) is 17.1. The Kier molecular flexibility index (Phi) is 7.79. The maximum absolute atomic E-state index is 12.5. The van der Waals surface area contributed by atoms with Gasteiger partial charge in [0.25, 0.3) is 0 Å². The third-order valence-electron chi connectivity index (χ3n) is 5.70. The van der Waals surface area contributed by atoms with Crippen molar-refractivity contribution in [1.29, 1.82) is 0 Å². The molecule has 2 fully saturated rings. The highest BCUT2D eigenvalue weighted by Crippen LogP contribution is 2.20. The SMILES string of the molecule is Cc1noc(C)c1CSCC(=O)N1CCN(CC(=O)N2CCCCCC2)CC1. The average Bonchev–Trinajstić information content (AvgIpc) is 2.90. The fourth-order valence-electron chi connectivity index (χ4n) is 3.81. The molecular weight excluding hydrogens is 376 g/mol. The number of rotatable bonds is 6. The summed E-state index contributed by atoms with van der Waals surface area (Å²) in [5, 5.41) is 3.95. The maximum Gasteiger partial charge on any atom is 0.236 e. The summed E-state index contributed by atoms with van der Waals surface area (Å²) in [5.41, 5.74) is 2.00. The third-order valence-corrected chi connectivity index (χ3v) is 6.64. The van der Waals surface area contributed by atoms with Gasteiger partial charge in [-0.25, -0.2) is 0 Å². The molecule has 7 nitrogen and oxygen atoms in total. The second-order valence-electron chi connectivity index (χ2n) is 7.75. The molecule has 8 heteroatoms. The first kappa shape index (κ1) is 21.2. The van der Waals surface area contributed by atoms with Crippen LogP contribution >= 0.6 is 11.8 Å². The van der Waals surface area contributed by atoms with Gasteiger partial charge >= 0.3 is 0 Å². The maximum atomic E-state index is 12.5. The molecule has 0 aromatic carbocycles. The topological polar surface area (TPSA) is 69.9 Å². The molecule has 2 aliphatic heterocycles. The van der Waals surface area contributed by atoms with Crippen molar-refractivity contribution in [2.75, 3.05) is 51.6 Å². The molecule has 2 amide bonds. The van der Waals surface area contributed by atoms with E-state index in [-0.39, 0.29) is 11.8 Å². The predicted molar refractivity (Wildman–Crippen MR) is 110 cm³/mol. The van der Waals surface area contributed by atoms with Gasteiger partial charge in [0, 0.05) is 50.6 Å². The number of likely N-dealkylation sites (tertiary alicyclic amines) is 1. The van der Waals surface area contributed by atoms with Gasteiger partial charge in [-0.2, -0.15) is 0 Å². The van der Waals surface area contributed by atoms with Gasteiger partial charge in [0.2, 0.25) is 11.8 Å². The van der Waals surface area contributed by atoms with Crippen LogP contribution in [0.4, 0.5) is 0 Å². The molecule has 28 heavy (non-hydrogen) atoms. The molecule has 0 unspecified atom stereocenters. The van der Waals surface area contributed by atoms with Gasteiger partial charge in [-0.05, 0) is 26.7 Å². The van der Waals surface area contributed by atoms with Crippen LogP contribution in [0.3, 0.4) is 0 Å². The van der Waals surface area contributed by atoms with Crippen LogP contribution in [0.1, 0.15) is 42.7 Å². The Hall–Kier alpha value is -1.54. The van der Waals surface area contributed by atoms with Crippen molar-refractivity contribution < 1.29 is 14.1 Å². The van der Waals surface area contributed by atoms with Crippen molar-refractivity contribution in [3.8, 4) is 0 Å². The minimum atomic E-state index is 0.176. The van der Waals surface area contributed by atoms with Crippen LogP contribution in [-0.2, 0) is 15.3 Å². The number of thioether (sulfide) groups is 1. The largest absolute Gasteiger partial charge is 0.361 e. The Morgan fingerprint density at radius 2 is 1.57 bits per heavy atom. The van der Waals surface area contributed by atoms with Crippen molar-refractivity contribution >= 4 is 23.6 Å². The average molecular weight is 409 g/mol. The summed E-state index contributed by atoms with van der Waals surface area (Å²) < 4.78 is 5.17. The Labute approximate surface area is 171 Å². The molecule has 0 N–H and O–H groups in total. The van der Waals surface area contributed by atoms with Gasteiger partial charge in [0.05, 0.1) is 18.0 Å². The zero-order chi connectivity index (χ0) is 19.9. The molecule has 2 saturated heterocycles. The van der Waals surface area contributed by atoms with E-state index in [1.807, 2.05) is 23.6 Å². The summed E-state index contributed by atoms with van der Waals surface area (Å²) in [6.45, 7) is 9.10. The molecule has 0 bridgehead atoms. The molecule has 3 heterocycles. The monoisotopic (exact) mass is 408 g/mol. The minimum Gasteiger partial charge on any atom is -0.361 e. The second kappa shape index (κ2) is 10.3. The molecule has 0 atom stereocenters. The lowest BCUT2D eigenvalue weighted by Crippen LogP contribution is -2.52. The van der Waals surface area contributed by atoms with Gasteiger partial charge in [-0.15, -0.1) is 11.8 Å². The van der Waals surface area contributed by atoms with Crippen LogP contribution in [0.15, 0.2) is 4.52 Å². The van der Waals surface area contributed by atoms with E-state index in [0.29, 0.717) is 25.4 Å². The number of piperazine rings is 1. The number of nitrogens with zero attached hydrogens (tertiary/aromatic N) is 4. The van der Waals surface area contributed by atoms with Crippen molar-refractivity contribution in [3.05, 3.63) is 17.0 Å². The number of amides is 2. The first-order valence-electron chi connectivity index (χ1n) is 10.3. The van der Waals surface area contributed by atoms with Gasteiger partial charge in [0.15, 0.2) is 0 Å². The summed E-state index contributed by atoms with van der Waals surface area (Å²) in [6, 6.07) is 0. The van der Waals surface area contributed by atoms with Crippen LogP contribution < -0.4 is 0 Å². The van der Waals surface area contributed by atoms with Gasteiger partial charge < -0.3 is 14.3 Å². The number of carbonyl (C=O) groups excluding carboxylic acids is 2. The molecular formula is C20H32N4O3S. The Morgan fingerprint density at radius 3 is 2.18 bits per heavy atom. The van der Waals surface area contributed by atoms with E-state index in [1.165, 1.54) is 12.8 Å². The minimum absolute atomic E-state index is 0.176. The van der Waals surface area contributed by atoms with E-state index in [0.717, 1.165) is 61.8 Å². The smallest absolute Gasteiger partial charge is 0.236 e. The summed E-state index contributed by atoms with van der Waals surface area (Å²) in [5.74, 6) is 2.47. The zero-order valence-corrected chi connectivity index (χ0v) is 17.9. The number of aromatic nitrogens is 1. The highest BCUT2D eigenvalue weighted by atomic mass is 32.2. The molecule has 1 aromatic heterocycles. The molecule has 2 aliphatic rings. The van der Waals surface area contributed by atoms with E-state index >= 15 is 0 Å². The molecule has 0 radical (unpaired) electrons. The number of hydrogen-bond acceptors (Lipinski definition) is 6. The second-order valence-corrected chi connectivity index (χ2v) is 8.73. The number of hydrogen-bond donors (Lipinski definition) is 0. The van der Waals surface area contributed by atoms with Crippen molar-refractivity contribution in [1.82, 2.24) is 19.9 Å². The van der Waals surface area contributed by atoms with Gasteiger partial charge in [-0.1, -0.05) is 18.0 Å². The van der Waals surface area contributed by atoms with Gasteiger partial charge in [-0.3, -0.25) is 14.5 Å². The summed E-state index contributed by atoms with van der Waals surface area (Å²) >= 11 is 1.61. The predicted octanol–water partition coefficient (Wildman–Crippen LogP) is 2.07. The molecule has 3 rings (SSSR count). The van der Waals surface area contributed by atoms with E-state index in [4.69, 9.17) is 4.52 Å². The first-order chi connectivity index (χ1) is 13.5. The summed E-state index contributed by atoms with van der Waals surface area (Å²) in [7, 11) is 0. The third kappa shape index (κ3) is 5.73. The lowest BCUT2D eigenvalue weighted by molar-refractivity contribution is -0.134. The van der Waals surface area contributed by atoms with E-state index in [2.05, 4.69) is 10.1 Å². The highest BCUT2D eigenvalue weighted by Gasteiger charge is 2.24. The fraction of sp³-hybridized carbons (Fsp3) is 0.750. The summed E-state index contributed by atoms with van der Waals surface area (Å²) in [4.78, 5) is 31.2. The van der Waals surface area contributed by atoms with Crippen LogP contribution in [-0.4, -0.2) is 83.2 Å². The van der Waals surface area contributed by atoms with E-state index < -0.39 is 0 Å². The molecule has 0 spiro atoms. The molecule has 1 aromatic rings. The number of aryl methyl sites for hydroxylation is 2. The lowest BCUT2D eigenvalue weighted by Gasteiger charge is -2.35.